The highest BCUT2D eigenvalue weighted by Crippen LogP contribution is 2.29. The number of benzene rings is 1. The van der Waals surface area contributed by atoms with Gasteiger partial charge < -0.3 is 10.5 Å². The van der Waals surface area contributed by atoms with Gasteiger partial charge in [-0.05, 0) is 45.7 Å². The van der Waals surface area contributed by atoms with Crippen LogP contribution in [0.1, 0.15) is 43.5 Å². The maximum absolute atomic E-state index is 6.28. The maximum atomic E-state index is 6.28. The third-order valence-corrected chi connectivity index (χ3v) is 3.03. The van der Waals surface area contributed by atoms with Crippen molar-refractivity contribution in [3.63, 3.8) is 0 Å². The first kappa shape index (κ1) is 13.2. The van der Waals surface area contributed by atoms with Crippen LogP contribution in [-0.4, -0.2) is 12.2 Å². The molecule has 1 atom stereocenters. The van der Waals surface area contributed by atoms with E-state index in [1.54, 1.807) is 0 Å². The Morgan fingerprint density at radius 3 is 2.44 bits per heavy atom. The minimum atomic E-state index is -0.325. The number of ether oxygens (including phenoxy) is 1. The zero-order valence-corrected chi connectivity index (χ0v) is 11.0. The number of rotatable bonds is 4. The van der Waals surface area contributed by atoms with Crippen LogP contribution in [0.2, 0.25) is 0 Å². The second kappa shape index (κ2) is 4.98. The molecule has 0 fully saturated rings. The molecule has 2 N–H and O–H groups in total. The molecule has 1 aromatic rings. The quantitative estimate of drug-likeness (QED) is 0.848. The fourth-order valence-corrected chi connectivity index (χ4v) is 2.01. The highest BCUT2D eigenvalue weighted by Gasteiger charge is 2.28. The lowest BCUT2D eigenvalue weighted by Gasteiger charge is -2.32. The zero-order valence-electron chi connectivity index (χ0n) is 11.0. The van der Waals surface area contributed by atoms with Gasteiger partial charge in [0.25, 0.3) is 0 Å². The summed E-state index contributed by atoms with van der Waals surface area (Å²) in [5, 5.41) is 0. The lowest BCUT2D eigenvalue weighted by Crippen LogP contribution is -2.38. The van der Waals surface area contributed by atoms with E-state index < -0.39 is 0 Å². The molecule has 0 radical (unpaired) electrons. The van der Waals surface area contributed by atoms with Gasteiger partial charge in [-0.25, -0.2) is 0 Å². The van der Waals surface area contributed by atoms with Gasteiger partial charge in [0.2, 0.25) is 0 Å². The van der Waals surface area contributed by atoms with Crippen LogP contribution in [0, 0.1) is 13.8 Å². The molecule has 1 unspecified atom stereocenters. The highest BCUT2D eigenvalue weighted by atomic mass is 16.5. The minimum absolute atomic E-state index is 0.0898. The summed E-state index contributed by atoms with van der Waals surface area (Å²) < 4.78 is 5.71. The monoisotopic (exact) mass is 221 g/mol. The molecule has 1 aromatic carbocycles. The Hall–Kier alpha value is -0.860. The van der Waals surface area contributed by atoms with Crippen LogP contribution < -0.4 is 5.73 Å². The van der Waals surface area contributed by atoms with Crippen molar-refractivity contribution in [3.8, 4) is 0 Å². The first-order chi connectivity index (χ1) is 7.38. The molecule has 90 valence electrons. The van der Waals surface area contributed by atoms with Gasteiger partial charge in [-0.1, -0.05) is 23.8 Å². The average molecular weight is 221 g/mol. The van der Waals surface area contributed by atoms with Gasteiger partial charge >= 0.3 is 0 Å². The lowest BCUT2D eigenvalue weighted by atomic mass is 9.89. The van der Waals surface area contributed by atoms with Crippen LogP contribution in [-0.2, 0) is 4.74 Å². The van der Waals surface area contributed by atoms with Crippen molar-refractivity contribution >= 4 is 0 Å². The van der Waals surface area contributed by atoms with Crippen molar-refractivity contribution in [1.29, 1.82) is 0 Å². The second-order valence-electron chi connectivity index (χ2n) is 4.87. The Labute approximate surface area is 98.8 Å². The Kier molecular flexibility index (Phi) is 4.11. The molecule has 0 aromatic heterocycles. The molecule has 0 amide bonds. The molecule has 0 heterocycles. The van der Waals surface area contributed by atoms with E-state index in [9.17, 15) is 0 Å². The van der Waals surface area contributed by atoms with Crippen LogP contribution in [0.15, 0.2) is 18.2 Å². The summed E-state index contributed by atoms with van der Waals surface area (Å²) >= 11 is 0. The van der Waals surface area contributed by atoms with Gasteiger partial charge in [-0.3, -0.25) is 0 Å². The fraction of sp³-hybridized carbons (Fsp3) is 0.571. The molecule has 0 spiro atoms. The Balaban J connectivity index is 3.00. The summed E-state index contributed by atoms with van der Waals surface area (Å²) in [5.74, 6) is 0. The van der Waals surface area contributed by atoms with Gasteiger partial charge in [0.05, 0.1) is 11.6 Å². The summed E-state index contributed by atoms with van der Waals surface area (Å²) in [6, 6.07) is 6.28. The van der Waals surface area contributed by atoms with E-state index >= 15 is 0 Å². The Bertz CT molecular complexity index is 358. The van der Waals surface area contributed by atoms with Crippen molar-refractivity contribution in [2.75, 3.05) is 6.61 Å². The van der Waals surface area contributed by atoms with Crippen LogP contribution in [0.3, 0.4) is 0 Å². The standard InChI is InChI=1S/C14H23NO/c1-6-16-14(4,5)13(15)12-8-7-10(2)9-11(12)3/h7-9,13H,6,15H2,1-5H3. The molecule has 16 heavy (non-hydrogen) atoms. The molecule has 0 aliphatic carbocycles. The van der Waals surface area contributed by atoms with Gasteiger partial charge in [-0.2, -0.15) is 0 Å². The van der Waals surface area contributed by atoms with E-state index in [0.29, 0.717) is 6.61 Å². The predicted octanol–water partition coefficient (Wildman–Crippen LogP) is 3.12. The van der Waals surface area contributed by atoms with Gasteiger partial charge in [-0.15, -0.1) is 0 Å². The van der Waals surface area contributed by atoms with Gasteiger partial charge in [0.1, 0.15) is 0 Å². The van der Waals surface area contributed by atoms with E-state index in [0.717, 1.165) is 0 Å². The molecule has 2 nitrogen and oxygen atoms in total. The molecular formula is C14H23NO. The maximum Gasteiger partial charge on any atom is 0.0818 e. The number of hydrogen-bond donors (Lipinski definition) is 1. The van der Waals surface area contributed by atoms with Crippen LogP contribution in [0.25, 0.3) is 0 Å². The Morgan fingerprint density at radius 1 is 1.31 bits per heavy atom. The average Bonchev–Trinajstić information content (AvgIpc) is 2.16. The van der Waals surface area contributed by atoms with E-state index in [4.69, 9.17) is 10.5 Å². The number of aryl methyl sites for hydroxylation is 2. The van der Waals surface area contributed by atoms with Crippen LogP contribution in [0.4, 0.5) is 0 Å². The zero-order chi connectivity index (χ0) is 12.3. The van der Waals surface area contributed by atoms with Crippen molar-refractivity contribution in [1.82, 2.24) is 0 Å². The first-order valence-electron chi connectivity index (χ1n) is 5.85. The SMILES string of the molecule is CCOC(C)(C)C(N)c1ccc(C)cc1C. The first-order valence-corrected chi connectivity index (χ1v) is 5.85. The molecular weight excluding hydrogens is 198 g/mol. The summed E-state index contributed by atoms with van der Waals surface area (Å²) in [4.78, 5) is 0. The summed E-state index contributed by atoms with van der Waals surface area (Å²) in [7, 11) is 0. The van der Waals surface area contributed by atoms with Crippen molar-refractivity contribution in [2.45, 2.75) is 46.3 Å². The number of hydrogen-bond acceptors (Lipinski definition) is 2. The molecule has 0 saturated heterocycles. The fourth-order valence-electron chi connectivity index (χ4n) is 2.01. The third kappa shape index (κ3) is 2.83. The van der Waals surface area contributed by atoms with Gasteiger partial charge in [0, 0.05) is 6.61 Å². The predicted molar refractivity (Wildman–Crippen MR) is 68.5 cm³/mol. The third-order valence-electron chi connectivity index (χ3n) is 3.03. The normalized spacial score (nSPS) is 13.9. The van der Waals surface area contributed by atoms with E-state index in [1.807, 2.05) is 20.8 Å². The molecule has 0 saturated carbocycles. The molecule has 0 bridgehead atoms. The molecule has 0 aliphatic rings. The summed E-state index contributed by atoms with van der Waals surface area (Å²) in [6.45, 7) is 11.0. The second-order valence-corrected chi connectivity index (χ2v) is 4.87. The molecule has 1 rings (SSSR count). The number of nitrogens with two attached hydrogens (primary N) is 1. The van der Waals surface area contributed by atoms with Crippen molar-refractivity contribution in [3.05, 3.63) is 34.9 Å². The molecule has 0 aliphatic heterocycles. The molecule has 2 heteroatoms. The van der Waals surface area contributed by atoms with Crippen LogP contribution >= 0.6 is 0 Å². The topological polar surface area (TPSA) is 35.2 Å². The van der Waals surface area contributed by atoms with E-state index in [1.165, 1.54) is 16.7 Å². The Morgan fingerprint density at radius 2 is 1.94 bits per heavy atom. The van der Waals surface area contributed by atoms with Crippen LogP contribution in [0.5, 0.6) is 0 Å². The summed E-state index contributed by atoms with van der Waals surface area (Å²) in [5.41, 5.74) is 9.63. The minimum Gasteiger partial charge on any atom is -0.374 e. The smallest absolute Gasteiger partial charge is 0.0818 e. The van der Waals surface area contributed by atoms with E-state index in [2.05, 4.69) is 32.0 Å². The lowest BCUT2D eigenvalue weighted by molar-refractivity contribution is -0.0299. The van der Waals surface area contributed by atoms with Gasteiger partial charge in [0.15, 0.2) is 0 Å². The van der Waals surface area contributed by atoms with Crippen molar-refractivity contribution in [2.24, 2.45) is 5.73 Å². The highest BCUT2D eigenvalue weighted by molar-refractivity contribution is 5.33. The largest absolute Gasteiger partial charge is 0.374 e. The summed E-state index contributed by atoms with van der Waals surface area (Å²) in [6.07, 6.45) is 0. The van der Waals surface area contributed by atoms with Crippen molar-refractivity contribution < 1.29 is 4.74 Å². The van der Waals surface area contributed by atoms with E-state index in [-0.39, 0.29) is 11.6 Å².